The Balaban J connectivity index is 1.51. The number of hydrogen-bond donors (Lipinski definition) is 2. The van der Waals surface area contributed by atoms with Crippen LogP contribution < -0.4 is 10.2 Å². The van der Waals surface area contributed by atoms with Crippen LogP contribution in [0, 0.1) is 11.3 Å². The molecule has 0 spiro atoms. The highest BCUT2D eigenvalue weighted by Crippen LogP contribution is 2.28. The van der Waals surface area contributed by atoms with Crippen LogP contribution in [-0.2, 0) is 6.54 Å². The smallest absolute Gasteiger partial charge is 0.274 e. The molecule has 0 unspecified atom stereocenters. The van der Waals surface area contributed by atoms with Gasteiger partial charge in [-0.05, 0) is 36.9 Å². The summed E-state index contributed by atoms with van der Waals surface area (Å²) in [5, 5.41) is 23.1. The van der Waals surface area contributed by atoms with Gasteiger partial charge >= 0.3 is 0 Å². The lowest BCUT2D eigenvalue weighted by molar-refractivity contribution is 0.0943. The van der Waals surface area contributed by atoms with Crippen LogP contribution in [0.15, 0.2) is 36.5 Å². The fourth-order valence-corrected chi connectivity index (χ4v) is 3.72. The van der Waals surface area contributed by atoms with Gasteiger partial charge in [0.2, 0.25) is 0 Å². The van der Waals surface area contributed by atoms with Crippen molar-refractivity contribution < 1.29 is 9.90 Å². The molecular weight excluding hydrogens is 416 g/mol. The van der Waals surface area contributed by atoms with E-state index < -0.39 is 5.91 Å². The van der Waals surface area contributed by atoms with E-state index in [9.17, 15) is 9.90 Å². The van der Waals surface area contributed by atoms with Crippen LogP contribution >= 0.6 is 11.6 Å². The molecular formula is C22H21ClN6O2. The van der Waals surface area contributed by atoms with E-state index in [0.717, 1.165) is 32.0 Å². The lowest BCUT2D eigenvalue weighted by Gasteiger charge is -2.33. The molecule has 1 aliphatic heterocycles. The molecule has 2 aromatic heterocycles. The number of fused-ring (bicyclic) bond motifs is 1. The number of amides is 1. The van der Waals surface area contributed by atoms with E-state index in [0.29, 0.717) is 27.1 Å². The van der Waals surface area contributed by atoms with Crippen molar-refractivity contribution in [3.8, 4) is 11.8 Å². The van der Waals surface area contributed by atoms with Crippen LogP contribution in [0.25, 0.3) is 10.9 Å². The SMILES string of the molecule is CN1CCN(c2ccc3c(O)c(C(=O)NCc4ccc(C#N)cc4Cl)ncc3n2)CC1. The third kappa shape index (κ3) is 4.38. The van der Waals surface area contributed by atoms with Gasteiger partial charge < -0.3 is 20.2 Å². The van der Waals surface area contributed by atoms with Crippen LogP contribution in [0.3, 0.4) is 0 Å². The van der Waals surface area contributed by atoms with Crippen molar-refractivity contribution in [3.63, 3.8) is 0 Å². The lowest BCUT2D eigenvalue weighted by atomic mass is 10.1. The molecule has 1 aromatic carbocycles. The van der Waals surface area contributed by atoms with Crippen molar-refractivity contribution in [2.75, 3.05) is 38.1 Å². The topological polar surface area (TPSA) is 105 Å². The second-order valence-corrected chi connectivity index (χ2v) is 7.86. The number of nitrogens with one attached hydrogen (secondary N) is 1. The third-order valence-corrected chi connectivity index (χ3v) is 5.72. The zero-order chi connectivity index (χ0) is 22.0. The Kier molecular flexibility index (Phi) is 5.89. The van der Waals surface area contributed by atoms with Gasteiger partial charge in [0.25, 0.3) is 5.91 Å². The molecule has 1 fully saturated rings. The minimum absolute atomic E-state index is 0.0774. The van der Waals surface area contributed by atoms with Gasteiger partial charge in [-0.2, -0.15) is 5.26 Å². The number of halogens is 1. The van der Waals surface area contributed by atoms with Gasteiger partial charge in [-0.3, -0.25) is 4.79 Å². The van der Waals surface area contributed by atoms with Crippen LogP contribution in [0.4, 0.5) is 5.82 Å². The molecule has 4 rings (SSSR count). The average Bonchev–Trinajstić information content (AvgIpc) is 2.78. The van der Waals surface area contributed by atoms with Gasteiger partial charge in [0, 0.05) is 43.1 Å². The number of rotatable bonds is 4. The molecule has 0 saturated carbocycles. The number of carbonyl (C=O) groups excluding carboxylic acids is 1. The Hall–Kier alpha value is -3.41. The zero-order valence-electron chi connectivity index (χ0n) is 17.0. The summed E-state index contributed by atoms with van der Waals surface area (Å²) in [7, 11) is 2.09. The van der Waals surface area contributed by atoms with Crippen molar-refractivity contribution >= 4 is 34.2 Å². The minimum atomic E-state index is -0.525. The molecule has 1 aliphatic rings. The van der Waals surface area contributed by atoms with Crippen LogP contribution in [0.2, 0.25) is 5.02 Å². The van der Waals surface area contributed by atoms with Crippen molar-refractivity contribution in [2.45, 2.75) is 6.54 Å². The van der Waals surface area contributed by atoms with E-state index in [4.69, 9.17) is 16.9 Å². The van der Waals surface area contributed by atoms with Crippen molar-refractivity contribution in [1.29, 1.82) is 5.26 Å². The summed E-state index contributed by atoms with van der Waals surface area (Å²) < 4.78 is 0. The second kappa shape index (κ2) is 8.76. The van der Waals surface area contributed by atoms with Crippen LogP contribution in [-0.4, -0.2) is 59.1 Å². The molecule has 9 heteroatoms. The van der Waals surface area contributed by atoms with E-state index in [1.54, 1.807) is 24.3 Å². The summed E-state index contributed by atoms with van der Waals surface area (Å²) in [6.45, 7) is 3.83. The molecule has 3 aromatic rings. The number of aromatic nitrogens is 2. The van der Waals surface area contributed by atoms with Gasteiger partial charge in [0.05, 0.1) is 23.3 Å². The van der Waals surface area contributed by atoms with Crippen molar-refractivity contribution in [1.82, 2.24) is 20.2 Å². The molecule has 158 valence electrons. The Morgan fingerprint density at radius 1 is 1.26 bits per heavy atom. The number of benzene rings is 1. The van der Waals surface area contributed by atoms with E-state index in [-0.39, 0.29) is 18.0 Å². The molecule has 1 saturated heterocycles. The van der Waals surface area contributed by atoms with Crippen LogP contribution in [0.1, 0.15) is 21.6 Å². The number of carbonyl (C=O) groups is 1. The Morgan fingerprint density at radius 3 is 2.74 bits per heavy atom. The largest absolute Gasteiger partial charge is 0.505 e. The molecule has 0 bridgehead atoms. The molecule has 8 nitrogen and oxygen atoms in total. The molecule has 3 heterocycles. The van der Waals surface area contributed by atoms with Crippen molar-refractivity contribution in [3.05, 3.63) is 58.4 Å². The first-order valence-electron chi connectivity index (χ1n) is 9.85. The van der Waals surface area contributed by atoms with Crippen LogP contribution in [0.5, 0.6) is 5.75 Å². The standard InChI is InChI=1S/C22H21ClN6O2/c1-28-6-8-29(9-7-28)19-5-4-16-18(27-19)13-25-20(21(16)30)22(31)26-12-15-3-2-14(11-24)10-17(15)23/h2-5,10,13,30H,6-9,12H2,1H3,(H,26,31). The molecule has 0 aliphatic carbocycles. The fraction of sp³-hybridized carbons (Fsp3) is 0.273. The molecule has 0 atom stereocenters. The fourth-order valence-electron chi connectivity index (χ4n) is 3.47. The van der Waals surface area contributed by atoms with Gasteiger partial charge in [0.15, 0.2) is 11.4 Å². The number of hydrogen-bond acceptors (Lipinski definition) is 7. The summed E-state index contributed by atoms with van der Waals surface area (Å²) >= 11 is 6.15. The van der Waals surface area contributed by atoms with Gasteiger partial charge in [-0.15, -0.1) is 0 Å². The highest BCUT2D eigenvalue weighted by atomic mass is 35.5. The summed E-state index contributed by atoms with van der Waals surface area (Å²) in [4.78, 5) is 25.8. The summed E-state index contributed by atoms with van der Waals surface area (Å²) in [5.41, 5.74) is 1.55. The average molecular weight is 437 g/mol. The number of pyridine rings is 2. The van der Waals surface area contributed by atoms with E-state index >= 15 is 0 Å². The second-order valence-electron chi connectivity index (χ2n) is 7.45. The van der Waals surface area contributed by atoms with Gasteiger partial charge in [-0.25, -0.2) is 9.97 Å². The summed E-state index contributed by atoms with van der Waals surface area (Å²) in [6, 6.07) is 10.5. The highest BCUT2D eigenvalue weighted by molar-refractivity contribution is 6.31. The summed E-state index contributed by atoms with van der Waals surface area (Å²) in [5.74, 6) is 0.0933. The number of piperazine rings is 1. The number of nitriles is 1. The first-order chi connectivity index (χ1) is 15.0. The quantitative estimate of drug-likeness (QED) is 0.647. The van der Waals surface area contributed by atoms with E-state index in [1.807, 2.05) is 12.1 Å². The number of aromatic hydroxyl groups is 1. The maximum atomic E-state index is 12.6. The Morgan fingerprint density at radius 2 is 2.03 bits per heavy atom. The monoisotopic (exact) mass is 436 g/mol. The number of likely N-dealkylation sites (N-methyl/N-ethyl adjacent to an activating group) is 1. The van der Waals surface area contributed by atoms with E-state index in [2.05, 4.69) is 32.1 Å². The first-order valence-corrected chi connectivity index (χ1v) is 10.2. The number of nitrogens with zero attached hydrogens (tertiary/aromatic N) is 5. The lowest BCUT2D eigenvalue weighted by Crippen LogP contribution is -2.44. The summed E-state index contributed by atoms with van der Waals surface area (Å²) in [6.07, 6.45) is 1.50. The Labute approximate surface area is 184 Å². The molecule has 1 amide bonds. The maximum absolute atomic E-state index is 12.6. The minimum Gasteiger partial charge on any atom is -0.505 e. The van der Waals surface area contributed by atoms with Gasteiger partial charge in [-0.1, -0.05) is 17.7 Å². The zero-order valence-corrected chi connectivity index (χ0v) is 17.7. The molecule has 31 heavy (non-hydrogen) atoms. The molecule has 2 N–H and O–H groups in total. The normalized spacial score (nSPS) is 14.4. The maximum Gasteiger partial charge on any atom is 0.274 e. The number of anilines is 1. The predicted molar refractivity (Wildman–Crippen MR) is 118 cm³/mol. The third-order valence-electron chi connectivity index (χ3n) is 5.37. The van der Waals surface area contributed by atoms with Gasteiger partial charge in [0.1, 0.15) is 5.82 Å². The highest BCUT2D eigenvalue weighted by Gasteiger charge is 2.19. The molecule has 0 radical (unpaired) electrons. The first kappa shape index (κ1) is 20.8. The van der Waals surface area contributed by atoms with E-state index in [1.165, 1.54) is 6.20 Å². The Bertz CT molecular complexity index is 1180. The predicted octanol–water partition coefficient (Wildman–Crippen LogP) is 2.54. The van der Waals surface area contributed by atoms with Crippen molar-refractivity contribution in [2.24, 2.45) is 0 Å².